The monoisotopic (exact) mass is 654 g/mol. The lowest BCUT2D eigenvalue weighted by molar-refractivity contribution is -0.144. The van der Waals surface area contributed by atoms with Gasteiger partial charge in [-0.3, -0.25) is 4.79 Å². The highest BCUT2D eigenvalue weighted by atomic mass is 16.5. The molecule has 1 aliphatic rings. The molecule has 0 aromatic heterocycles. The van der Waals surface area contributed by atoms with Gasteiger partial charge < -0.3 is 23.7 Å². The molecule has 0 bridgehead atoms. The number of hydrogen-bond donors (Lipinski definition) is 0. The molecular weight excluding hydrogens is 612 g/mol. The van der Waals surface area contributed by atoms with Crippen LogP contribution in [0, 0.1) is 6.92 Å². The minimum absolute atomic E-state index is 0.0161. The van der Waals surface area contributed by atoms with Gasteiger partial charge in [0.25, 0.3) is 0 Å². The van der Waals surface area contributed by atoms with E-state index in [0.717, 1.165) is 65.3 Å². The molecule has 252 valence electrons. The highest BCUT2D eigenvalue weighted by Gasteiger charge is 2.28. The molecule has 1 unspecified atom stereocenters. The van der Waals surface area contributed by atoms with Crippen LogP contribution in [0.3, 0.4) is 0 Å². The summed E-state index contributed by atoms with van der Waals surface area (Å²) in [4.78, 5) is 48.6. The minimum Gasteiger partial charge on any atom is -0.493 e. The van der Waals surface area contributed by atoms with E-state index in [1.807, 2.05) is 39.0 Å². The zero-order valence-electron chi connectivity index (χ0n) is 27.8. The van der Waals surface area contributed by atoms with Gasteiger partial charge in [0.05, 0.1) is 31.8 Å². The lowest BCUT2D eigenvalue weighted by Crippen LogP contribution is -2.15. The van der Waals surface area contributed by atoms with Gasteiger partial charge >= 0.3 is 23.9 Å². The number of aryl methyl sites for hydroxylation is 1. The fourth-order valence-electron chi connectivity index (χ4n) is 5.35. The fourth-order valence-corrected chi connectivity index (χ4v) is 5.35. The van der Waals surface area contributed by atoms with E-state index in [1.54, 1.807) is 36.4 Å². The maximum absolute atomic E-state index is 13.2. The number of unbranched alkanes of at least 4 members (excludes halogenated alkanes) is 3. The number of hydrogen-bond acceptors (Lipinski definition) is 9. The second-order valence-corrected chi connectivity index (χ2v) is 11.6. The van der Waals surface area contributed by atoms with E-state index in [0.29, 0.717) is 36.7 Å². The van der Waals surface area contributed by atoms with Crippen LogP contribution in [0.5, 0.6) is 17.2 Å². The summed E-state index contributed by atoms with van der Waals surface area (Å²) >= 11 is 0. The van der Waals surface area contributed by atoms with Gasteiger partial charge in [-0.1, -0.05) is 39.1 Å². The van der Waals surface area contributed by atoms with Gasteiger partial charge in [-0.05, 0) is 109 Å². The van der Waals surface area contributed by atoms with Crippen LogP contribution < -0.4 is 14.2 Å². The molecule has 3 aromatic rings. The Morgan fingerprint density at radius 3 is 2.17 bits per heavy atom. The predicted octanol–water partition coefficient (Wildman–Crippen LogP) is 7.82. The van der Waals surface area contributed by atoms with Crippen LogP contribution >= 0.6 is 0 Å². The first-order valence-electron chi connectivity index (χ1n) is 16.2. The number of ether oxygens (including phenoxy) is 5. The Bertz CT molecular complexity index is 1690. The van der Waals surface area contributed by atoms with Gasteiger partial charge in [0.15, 0.2) is 0 Å². The molecule has 0 amide bonds. The standard InChI is InChI=1S/C39H42O9/c1-6-18-45-37(41)22-26(4)38(42)47-30-13-16-32-31-15-12-28(23-33(31)27(5)34(32)24-30)39(43)48-29-14-17-35(25(3)21-29)44-19-10-8-9-11-20-46-36(40)7-2/h7,12-17,21,23-24,27H,2,4,6,8-11,18-20,22H2,1,3,5H3. The summed E-state index contributed by atoms with van der Waals surface area (Å²) in [5.41, 5.74) is 5.18. The van der Waals surface area contributed by atoms with E-state index in [4.69, 9.17) is 23.7 Å². The first-order valence-corrected chi connectivity index (χ1v) is 16.2. The molecule has 0 aliphatic heterocycles. The number of esters is 4. The normalized spacial score (nSPS) is 12.7. The minimum atomic E-state index is -0.691. The van der Waals surface area contributed by atoms with E-state index < -0.39 is 23.9 Å². The molecule has 0 radical (unpaired) electrons. The summed E-state index contributed by atoms with van der Waals surface area (Å²) in [5.74, 6) is -0.669. The third kappa shape index (κ3) is 9.44. The molecule has 0 heterocycles. The fraction of sp³-hybridized carbons (Fsp3) is 0.333. The van der Waals surface area contributed by atoms with Crippen molar-refractivity contribution in [3.8, 4) is 28.4 Å². The van der Waals surface area contributed by atoms with Crippen LogP contribution in [0.2, 0.25) is 0 Å². The van der Waals surface area contributed by atoms with E-state index in [9.17, 15) is 19.2 Å². The van der Waals surface area contributed by atoms with Crippen LogP contribution in [0.25, 0.3) is 11.1 Å². The number of carbonyl (C=O) groups is 4. The smallest absolute Gasteiger partial charge is 0.343 e. The average Bonchev–Trinajstić information content (AvgIpc) is 3.35. The summed E-state index contributed by atoms with van der Waals surface area (Å²) in [6, 6.07) is 16.2. The van der Waals surface area contributed by atoms with E-state index in [-0.39, 0.29) is 24.5 Å². The molecule has 0 saturated heterocycles. The molecule has 48 heavy (non-hydrogen) atoms. The molecular formula is C39H42O9. The number of fused-ring (bicyclic) bond motifs is 3. The first kappa shape index (κ1) is 35.7. The van der Waals surface area contributed by atoms with Crippen LogP contribution in [0.1, 0.15) is 85.3 Å². The summed E-state index contributed by atoms with van der Waals surface area (Å²) in [7, 11) is 0. The van der Waals surface area contributed by atoms with Crippen molar-refractivity contribution in [3.05, 3.63) is 102 Å². The Hall–Kier alpha value is -5.18. The van der Waals surface area contributed by atoms with Crippen LogP contribution in [0.15, 0.2) is 79.4 Å². The molecule has 9 heteroatoms. The lowest BCUT2D eigenvalue weighted by Gasteiger charge is -2.12. The van der Waals surface area contributed by atoms with Crippen molar-refractivity contribution < 1.29 is 42.9 Å². The molecule has 0 saturated carbocycles. The van der Waals surface area contributed by atoms with E-state index in [1.165, 1.54) is 0 Å². The van der Waals surface area contributed by atoms with Crippen molar-refractivity contribution in [3.63, 3.8) is 0 Å². The second kappa shape index (κ2) is 17.1. The highest BCUT2D eigenvalue weighted by Crippen LogP contribution is 2.46. The highest BCUT2D eigenvalue weighted by molar-refractivity contribution is 5.95. The third-order valence-electron chi connectivity index (χ3n) is 7.92. The van der Waals surface area contributed by atoms with Crippen molar-refractivity contribution in [2.75, 3.05) is 19.8 Å². The topological polar surface area (TPSA) is 114 Å². The number of rotatable bonds is 17. The Labute approximate surface area is 281 Å². The number of carbonyl (C=O) groups excluding carboxylic acids is 4. The van der Waals surface area contributed by atoms with Gasteiger partial charge in [0.1, 0.15) is 17.2 Å². The van der Waals surface area contributed by atoms with Gasteiger partial charge in [0.2, 0.25) is 0 Å². The summed E-state index contributed by atoms with van der Waals surface area (Å²) in [5, 5.41) is 0. The number of benzene rings is 3. The SMILES string of the molecule is C=CC(=O)OCCCCCCOc1ccc(OC(=O)c2ccc3c(c2)C(C)c2cc(OC(=O)C(=C)CC(=O)OCCC)ccc2-3)cc1C. The van der Waals surface area contributed by atoms with Gasteiger partial charge in [0, 0.05) is 17.6 Å². The summed E-state index contributed by atoms with van der Waals surface area (Å²) < 4.78 is 27.1. The van der Waals surface area contributed by atoms with Gasteiger partial charge in [-0.2, -0.15) is 0 Å². The van der Waals surface area contributed by atoms with E-state index >= 15 is 0 Å². The van der Waals surface area contributed by atoms with Gasteiger partial charge in [-0.15, -0.1) is 0 Å². The van der Waals surface area contributed by atoms with Gasteiger partial charge in [-0.25, -0.2) is 14.4 Å². The Balaban J connectivity index is 1.30. The maximum Gasteiger partial charge on any atom is 0.343 e. The Kier molecular flexibility index (Phi) is 12.7. The van der Waals surface area contributed by atoms with E-state index in [2.05, 4.69) is 13.2 Å². The van der Waals surface area contributed by atoms with Crippen LogP contribution in [-0.4, -0.2) is 43.7 Å². The largest absolute Gasteiger partial charge is 0.493 e. The van der Waals surface area contributed by atoms with Crippen molar-refractivity contribution in [1.29, 1.82) is 0 Å². The third-order valence-corrected chi connectivity index (χ3v) is 7.92. The molecule has 0 fully saturated rings. The molecule has 3 aromatic carbocycles. The predicted molar refractivity (Wildman–Crippen MR) is 181 cm³/mol. The summed E-state index contributed by atoms with van der Waals surface area (Å²) in [6.07, 6.45) is 5.16. The quantitative estimate of drug-likeness (QED) is 0.0622. The Morgan fingerprint density at radius 1 is 0.792 bits per heavy atom. The average molecular weight is 655 g/mol. The van der Waals surface area contributed by atoms with Crippen molar-refractivity contribution in [2.24, 2.45) is 0 Å². The van der Waals surface area contributed by atoms with Crippen molar-refractivity contribution >= 4 is 23.9 Å². The van der Waals surface area contributed by atoms with Crippen LogP contribution in [-0.2, 0) is 23.9 Å². The van der Waals surface area contributed by atoms with Crippen molar-refractivity contribution in [1.82, 2.24) is 0 Å². The maximum atomic E-state index is 13.2. The molecule has 9 nitrogen and oxygen atoms in total. The van der Waals surface area contributed by atoms with Crippen LogP contribution in [0.4, 0.5) is 0 Å². The second-order valence-electron chi connectivity index (χ2n) is 11.6. The summed E-state index contributed by atoms with van der Waals surface area (Å²) in [6.45, 7) is 14.1. The Morgan fingerprint density at radius 2 is 1.46 bits per heavy atom. The first-order chi connectivity index (χ1) is 23.1. The molecule has 1 atom stereocenters. The molecule has 0 N–H and O–H groups in total. The molecule has 4 rings (SSSR count). The lowest BCUT2D eigenvalue weighted by atomic mass is 9.98. The molecule has 1 aliphatic carbocycles. The molecule has 0 spiro atoms. The van der Waals surface area contributed by atoms with Crippen molar-refractivity contribution in [2.45, 2.75) is 65.2 Å². The zero-order valence-corrected chi connectivity index (χ0v) is 27.8. The zero-order chi connectivity index (χ0) is 34.6.